The zero-order valence-electron chi connectivity index (χ0n) is 7.21. The maximum Gasteiger partial charge on any atom is 0.195 e. The van der Waals surface area contributed by atoms with Crippen molar-refractivity contribution in [3.8, 4) is 0 Å². The van der Waals surface area contributed by atoms with E-state index >= 15 is 0 Å². The number of aliphatic hydroxyl groups is 1. The van der Waals surface area contributed by atoms with Crippen LogP contribution in [0.3, 0.4) is 0 Å². The number of rotatable bonds is 3. The molecule has 0 aliphatic rings. The topological polar surface area (TPSA) is 63.3 Å². The van der Waals surface area contributed by atoms with Gasteiger partial charge in [0.15, 0.2) is 5.78 Å². The molecule has 0 amide bonds. The van der Waals surface area contributed by atoms with E-state index in [0.717, 1.165) is 12.1 Å². The third-order valence-electron chi connectivity index (χ3n) is 1.72. The third-order valence-corrected chi connectivity index (χ3v) is 1.95. The highest BCUT2D eigenvalue weighted by atomic mass is 35.5. The average molecular weight is 218 g/mol. The molecule has 3 nitrogen and oxygen atoms in total. The Morgan fingerprint density at radius 3 is 2.86 bits per heavy atom. The molecule has 0 saturated carbocycles. The first-order valence-corrected chi connectivity index (χ1v) is 4.31. The smallest absolute Gasteiger partial charge is 0.195 e. The molecule has 14 heavy (non-hydrogen) atoms. The maximum atomic E-state index is 13.1. The summed E-state index contributed by atoms with van der Waals surface area (Å²) >= 11 is 5.58. The van der Waals surface area contributed by atoms with E-state index in [-0.39, 0.29) is 17.1 Å². The fourth-order valence-corrected chi connectivity index (χ4v) is 1.14. The quantitative estimate of drug-likeness (QED) is 0.742. The molecular weight excluding hydrogens is 209 g/mol. The van der Waals surface area contributed by atoms with Crippen molar-refractivity contribution in [2.24, 2.45) is 5.73 Å². The van der Waals surface area contributed by atoms with Crippen molar-refractivity contribution in [1.29, 1.82) is 0 Å². The van der Waals surface area contributed by atoms with Crippen LogP contribution < -0.4 is 5.73 Å². The van der Waals surface area contributed by atoms with Gasteiger partial charge in [-0.2, -0.15) is 0 Å². The van der Waals surface area contributed by atoms with Crippen LogP contribution in [0.5, 0.6) is 0 Å². The van der Waals surface area contributed by atoms with E-state index in [1.54, 1.807) is 0 Å². The fraction of sp³-hybridized carbons (Fsp3) is 0.222. The lowest BCUT2D eigenvalue weighted by atomic mass is 10.1. The highest BCUT2D eigenvalue weighted by molar-refractivity contribution is 6.31. The Bertz CT molecular complexity index is 357. The minimum absolute atomic E-state index is 0.235. The van der Waals surface area contributed by atoms with Gasteiger partial charge in [0.1, 0.15) is 11.9 Å². The predicted octanol–water partition coefficient (Wildman–Crippen LogP) is 0.981. The number of aliphatic hydroxyl groups excluding tert-OH is 1. The molecule has 3 N–H and O–H groups in total. The third kappa shape index (κ3) is 2.29. The van der Waals surface area contributed by atoms with E-state index in [2.05, 4.69) is 0 Å². The fourth-order valence-electron chi connectivity index (χ4n) is 0.973. The van der Waals surface area contributed by atoms with Crippen LogP contribution in [0.15, 0.2) is 18.2 Å². The van der Waals surface area contributed by atoms with Crippen molar-refractivity contribution in [2.75, 3.05) is 6.54 Å². The maximum absolute atomic E-state index is 13.1. The number of benzene rings is 1. The lowest BCUT2D eigenvalue weighted by Crippen LogP contribution is -2.29. The van der Waals surface area contributed by atoms with Gasteiger partial charge in [-0.05, 0) is 18.2 Å². The summed E-state index contributed by atoms with van der Waals surface area (Å²) in [7, 11) is 0. The van der Waals surface area contributed by atoms with Gasteiger partial charge in [0, 0.05) is 11.6 Å². The highest BCUT2D eigenvalue weighted by Gasteiger charge is 2.19. The molecule has 0 fully saturated rings. The Kier molecular flexibility index (Phi) is 3.57. The van der Waals surface area contributed by atoms with Gasteiger partial charge in [-0.1, -0.05) is 11.6 Å². The van der Waals surface area contributed by atoms with Crippen LogP contribution in [0.1, 0.15) is 10.4 Å². The largest absolute Gasteiger partial charge is 0.384 e. The molecule has 76 valence electrons. The van der Waals surface area contributed by atoms with Crippen LogP contribution in [0.2, 0.25) is 5.02 Å². The molecule has 1 atom stereocenters. The zero-order valence-corrected chi connectivity index (χ0v) is 7.96. The van der Waals surface area contributed by atoms with Crippen LogP contribution in [0.25, 0.3) is 0 Å². The minimum atomic E-state index is -1.39. The Labute approximate surface area is 85.3 Å². The number of carbonyl (C=O) groups excluding carboxylic acids is 1. The van der Waals surface area contributed by atoms with E-state index < -0.39 is 17.7 Å². The summed E-state index contributed by atoms with van der Waals surface area (Å²) in [6, 6.07) is 3.55. The van der Waals surface area contributed by atoms with Gasteiger partial charge in [-0.15, -0.1) is 0 Å². The number of ketones is 1. The normalized spacial score (nSPS) is 12.6. The molecule has 0 bridgehead atoms. The Balaban J connectivity index is 3.06. The van der Waals surface area contributed by atoms with Gasteiger partial charge in [0.25, 0.3) is 0 Å². The van der Waals surface area contributed by atoms with Gasteiger partial charge >= 0.3 is 0 Å². The van der Waals surface area contributed by atoms with Gasteiger partial charge < -0.3 is 10.8 Å². The molecule has 0 aromatic heterocycles. The van der Waals surface area contributed by atoms with Gasteiger partial charge in [-0.3, -0.25) is 4.79 Å². The van der Waals surface area contributed by atoms with E-state index in [1.165, 1.54) is 6.07 Å². The number of hydrogen-bond donors (Lipinski definition) is 2. The van der Waals surface area contributed by atoms with E-state index in [0.29, 0.717) is 0 Å². The summed E-state index contributed by atoms with van der Waals surface area (Å²) < 4.78 is 13.1. The molecule has 0 aliphatic carbocycles. The molecule has 1 aromatic rings. The Hall–Kier alpha value is -0.970. The van der Waals surface area contributed by atoms with Crippen LogP contribution in [-0.2, 0) is 0 Å². The first kappa shape index (κ1) is 11.1. The summed E-state index contributed by atoms with van der Waals surface area (Å²) in [5, 5.41) is 9.35. The summed E-state index contributed by atoms with van der Waals surface area (Å²) in [4.78, 5) is 11.3. The molecule has 0 saturated heterocycles. The summed E-state index contributed by atoms with van der Waals surface area (Å²) in [5.41, 5.74) is 4.83. The lowest BCUT2D eigenvalue weighted by Gasteiger charge is -2.07. The Morgan fingerprint density at radius 1 is 1.64 bits per heavy atom. The van der Waals surface area contributed by atoms with Crippen molar-refractivity contribution in [3.63, 3.8) is 0 Å². The lowest BCUT2D eigenvalue weighted by molar-refractivity contribution is 0.0758. The summed E-state index contributed by atoms with van der Waals surface area (Å²) in [5.74, 6) is -1.47. The number of hydrogen-bond acceptors (Lipinski definition) is 3. The van der Waals surface area contributed by atoms with Crippen molar-refractivity contribution >= 4 is 17.4 Å². The zero-order chi connectivity index (χ0) is 10.7. The molecule has 1 aromatic carbocycles. The molecular formula is C9H9ClFNO2. The standard InChI is InChI=1S/C9H9ClFNO2/c10-5-1-2-7(11)6(3-5)9(14)8(13)4-12/h1-3,8,13H,4,12H2. The molecule has 1 rings (SSSR count). The van der Waals surface area contributed by atoms with Gasteiger partial charge in [0.2, 0.25) is 0 Å². The second kappa shape index (κ2) is 4.50. The van der Waals surface area contributed by atoms with Crippen LogP contribution in [-0.4, -0.2) is 23.5 Å². The second-order valence-corrected chi connectivity index (χ2v) is 3.18. The van der Waals surface area contributed by atoms with E-state index in [4.69, 9.17) is 22.4 Å². The highest BCUT2D eigenvalue weighted by Crippen LogP contribution is 2.16. The van der Waals surface area contributed by atoms with Crippen molar-refractivity contribution in [3.05, 3.63) is 34.6 Å². The number of carbonyl (C=O) groups is 1. The number of halogens is 2. The molecule has 0 aliphatic heterocycles. The molecule has 0 spiro atoms. The van der Waals surface area contributed by atoms with Crippen molar-refractivity contribution < 1.29 is 14.3 Å². The van der Waals surface area contributed by atoms with E-state index in [1.807, 2.05) is 0 Å². The predicted molar refractivity (Wildman–Crippen MR) is 50.8 cm³/mol. The first-order valence-electron chi connectivity index (χ1n) is 3.93. The first-order chi connectivity index (χ1) is 6.56. The van der Waals surface area contributed by atoms with Crippen molar-refractivity contribution in [1.82, 2.24) is 0 Å². The molecule has 0 heterocycles. The minimum Gasteiger partial charge on any atom is -0.384 e. The summed E-state index contributed by atoms with van der Waals surface area (Å²) in [6.45, 7) is -0.245. The van der Waals surface area contributed by atoms with Crippen LogP contribution >= 0.6 is 11.6 Å². The SMILES string of the molecule is NCC(O)C(=O)c1cc(Cl)ccc1F. The summed E-state index contributed by atoms with van der Waals surface area (Å²) in [6.07, 6.45) is -1.39. The number of Topliss-reactive ketones (excluding diaryl/α,β-unsaturated/α-hetero) is 1. The second-order valence-electron chi connectivity index (χ2n) is 2.74. The van der Waals surface area contributed by atoms with Gasteiger partial charge in [0.05, 0.1) is 5.56 Å². The van der Waals surface area contributed by atoms with Crippen LogP contribution in [0.4, 0.5) is 4.39 Å². The average Bonchev–Trinajstić information content (AvgIpc) is 2.19. The monoisotopic (exact) mass is 217 g/mol. The Morgan fingerprint density at radius 2 is 2.29 bits per heavy atom. The molecule has 5 heteroatoms. The van der Waals surface area contributed by atoms with Crippen molar-refractivity contribution in [2.45, 2.75) is 6.10 Å². The molecule has 1 unspecified atom stereocenters. The molecule has 0 radical (unpaired) electrons. The van der Waals surface area contributed by atoms with Gasteiger partial charge in [-0.25, -0.2) is 4.39 Å². The van der Waals surface area contributed by atoms with E-state index in [9.17, 15) is 9.18 Å². The van der Waals surface area contributed by atoms with Crippen LogP contribution in [0, 0.1) is 5.82 Å². The number of nitrogens with two attached hydrogens (primary N) is 1.